The summed E-state index contributed by atoms with van der Waals surface area (Å²) in [6.45, 7) is 2.38. The van der Waals surface area contributed by atoms with Crippen LogP contribution in [0.25, 0.3) is 0 Å². The normalized spacial score (nSPS) is 23.5. The molecule has 2 atom stereocenters. The van der Waals surface area contributed by atoms with E-state index in [4.69, 9.17) is 5.73 Å². The SMILES string of the molecule is CCN1C(=O)CCCC(N)C1c1ccccc1[N+](=O)[O-]. The number of likely N-dealkylation sites (tertiary alicyclic amines) is 1. The van der Waals surface area contributed by atoms with Crippen LogP contribution in [0, 0.1) is 10.1 Å². The van der Waals surface area contributed by atoms with E-state index in [2.05, 4.69) is 0 Å². The van der Waals surface area contributed by atoms with E-state index in [1.807, 2.05) is 6.92 Å². The van der Waals surface area contributed by atoms with Crippen LogP contribution in [0.4, 0.5) is 5.69 Å². The van der Waals surface area contributed by atoms with Gasteiger partial charge in [0.05, 0.1) is 16.5 Å². The van der Waals surface area contributed by atoms with E-state index in [0.717, 1.165) is 6.42 Å². The Hall–Kier alpha value is -1.95. The van der Waals surface area contributed by atoms with Gasteiger partial charge in [0.2, 0.25) is 5.91 Å². The molecule has 0 saturated carbocycles. The lowest BCUT2D eigenvalue weighted by Gasteiger charge is -2.32. The number of hydrogen-bond acceptors (Lipinski definition) is 4. The van der Waals surface area contributed by atoms with Crippen molar-refractivity contribution in [1.29, 1.82) is 0 Å². The predicted molar refractivity (Wildman–Crippen MR) is 75.1 cm³/mol. The van der Waals surface area contributed by atoms with E-state index in [0.29, 0.717) is 24.9 Å². The molecule has 2 N–H and O–H groups in total. The zero-order valence-electron chi connectivity index (χ0n) is 11.5. The summed E-state index contributed by atoms with van der Waals surface area (Å²) in [4.78, 5) is 24.6. The molecule has 2 rings (SSSR count). The molecule has 20 heavy (non-hydrogen) atoms. The number of carbonyl (C=O) groups excluding carboxylic acids is 1. The van der Waals surface area contributed by atoms with E-state index in [1.165, 1.54) is 6.07 Å². The maximum atomic E-state index is 12.2. The Morgan fingerprint density at radius 2 is 2.15 bits per heavy atom. The lowest BCUT2D eigenvalue weighted by Crippen LogP contribution is -2.42. The molecule has 1 aromatic rings. The molecular weight excluding hydrogens is 258 g/mol. The highest BCUT2D eigenvalue weighted by molar-refractivity contribution is 5.77. The highest BCUT2D eigenvalue weighted by Gasteiger charge is 2.35. The van der Waals surface area contributed by atoms with Crippen molar-refractivity contribution in [3.8, 4) is 0 Å². The summed E-state index contributed by atoms with van der Waals surface area (Å²) in [6, 6.07) is 5.84. The lowest BCUT2D eigenvalue weighted by molar-refractivity contribution is -0.386. The monoisotopic (exact) mass is 277 g/mol. The molecule has 0 radical (unpaired) electrons. The van der Waals surface area contributed by atoms with Crippen molar-refractivity contribution in [2.24, 2.45) is 5.73 Å². The molecule has 108 valence electrons. The fraction of sp³-hybridized carbons (Fsp3) is 0.500. The number of nitrogens with two attached hydrogens (primary N) is 1. The molecule has 1 saturated heterocycles. The topological polar surface area (TPSA) is 89.5 Å². The van der Waals surface area contributed by atoms with Gasteiger partial charge in [-0.1, -0.05) is 18.2 Å². The molecule has 2 unspecified atom stereocenters. The first kappa shape index (κ1) is 14.5. The fourth-order valence-electron chi connectivity index (χ4n) is 2.85. The van der Waals surface area contributed by atoms with Gasteiger partial charge < -0.3 is 10.6 Å². The van der Waals surface area contributed by atoms with Crippen LogP contribution >= 0.6 is 0 Å². The molecule has 1 aromatic carbocycles. The third kappa shape index (κ3) is 2.65. The Bertz CT molecular complexity index is 518. The first-order valence-electron chi connectivity index (χ1n) is 6.84. The van der Waals surface area contributed by atoms with Crippen molar-refractivity contribution in [3.63, 3.8) is 0 Å². The third-order valence-corrected chi connectivity index (χ3v) is 3.78. The number of likely N-dealkylation sites (N-methyl/N-ethyl adjacent to an activating group) is 1. The van der Waals surface area contributed by atoms with Gasteiger partial charge in [-0.25, -0.2) is 0 Å². The highest BCUT2D eigenvalue weighted by Crippen LogP contribution is 2.34. The standard InChI is InChI=1S/C14H19N3O3/c1-2-16-13(18)9-5-7-11(15)14(16)10-6-3-4-8-12(10)17(19)20/h3-4,6,8,11,14H,2,5,7,9,15H2,1H3. The molecule has 1 heterocycles. The van der Waals surface area contributed by atoms with Gasteiger partial charge >= 0.3 is 0 Å². The van der Waals surface area contributed by atoms with Crippen molar-refractivity contribution in [3.05, 3.63) is 39.9 Å². The molecule has 1 amide bonds. The molecule has 1 aliphatic rings. The number of benzene rings is 1. The van der Waals surface area contributed by atoms with Crippen molar-refractivity contribution in [2.45, 2.75) is 38.3 Å². The number of carbonyl (C=O) groups is 1. The van der Waals surface area contributed by atoms with E-state index >= 15 is 0 Å². The minimum atomic E-state index is -0.420. The fourth-order valence-corrected chi connectivity index (χ4v) is 2.85. The number of para-hydroxylation sites is 1. The second-order valence-corrected chi connectivity index (χ2v) is 5.00. The minimum Gasteiger partial charge on any atom is -0.334 e. The molecule has 6 heteroatoms. The maximum absolute atomic E-state index is 12.2. The van der Waals surface area contributed by atoms with Gasteiger partial charge in [-0.15, -0.1) is 0 Å². The maximum Gasteiger partial charge on any atom is 0.274 e. The van der Waals surface area contributed by atoms with Gasteiger partial charge in [0.25, 0.3) is 5.69 Å². The largest absolute Gasteiger partial charge is 0.334 e. The van der Waals surface area contributed by atoms with Crippen molar-refractivity contribution >= 4 is 11.6 Å². The number of rotatable bonds is 3. The van der Waals surface area contributed by atoms with E-state index in [-0.39, 0.29) is 17.6 Å². The number of amides is 1. The first-order chi connectivity index (χ1) is 9.56. The number of nitro benzene ring substituents is 1. The summed E-state index contributed by atoms with van der Waals surface area (Å²) < 4.78 is 0. The van der Waals surface area contributed by atoms with Crippen LogP contribution in [0.3, 0.4) is 0 Å². The molecule has 1 aliphatic heterocycles. The average Bonchev–Trinajstić information content (AvgIpc) is 2.57. The minimum absolute atomic E-state index is 0.0172. The molecule has 0 spiro atoms. The molecular formula is C14H19N3O3. The Morgan fingerprint density at radius 3 is 2.80 bits per heavy atom. The summed E-state index contributed by atoms with van der Waals surface area (Å²) in [5.41, 5.74) is 6.75. The first-order valence-corrected chi connectivity index (χ1v) is 6.84. The summed E-state index contributed by atoms with van der Waals surface area (Å²) in [5, 5.41) is 11.2. The van der Waals surface area contributed by atoms with Crippen molar-refractivity contribution in [1.82, 2.24) is 4.90 Å². The summed E-state index contributed by atoms with van der Waals surface area (Å²) in [7, 11) is 0. The quantitative estimate of drug-likeness (QED) is 0.676. The Balaban J connectivity index is 2.50. The third-order valence-electron chi connectivity index (χ3n) is 3.78. The van der Waals surface area contributed by atoms with Gasteiger partial charge in [-0.2, -0.15) is 0 Å². The number of hydrogen-bond donors (Lipinski definition) is 1. The molecule has 0 bridgehead atoms. The molecule has 0 aliphatic carbocycles. The smallest absolute Gasteiger partial charge is 0.274 e. The van der Waals surface area contributed by atoms with Crippen LogP contribution in [0.15, 0.2) is 24.3 Å². The van der Waals surface area contributed by atoms with Crippen molar-refractivity contribution < 1.29 is 9.72 Å². The molecule has 6 nitrogen and oxygen atoms in total. The zero-order chi connectivity index (χ0) is 14.7. The Kier molecular flexibility index (Phi) is 4.34. The summed E-state index contributed by atoms with van der Waals surface area (Å²) >= 11 is 0. The van der Waals surface area contributed by atoms with Crippen LogP contribution in [0.2, 0.25) is 0 Å². The van der Waals surface area contributed by atoms with Gasteiger partial charge in [0.15, 0.2) is 0 Å². The van der Waals surface area contributed by atoms with Crippen LogP contribution in [-0.4, -0.2) is 28.3 Å². The summed E-state index contributed by atoms with van der Waals surface area (Å²) in [5.74, 6) is 0.0172. The molecule has 1 fully saturated rings. The second kappa shape index (κ2) is 6.00. The molecule has 0 aromatic heterocycles. The van der Waals surface area contributed by atoms with Crippen LogP contribution in [0.1, 0.15) is 37.8 Å². The van der Waals surface area contributed by atoms with E-state index in [9.17, 15) is 14.9 Å². The van der Waals surface area contributed by atoms with E-state index < -0.39 is 11.0 Å². The number of nitro groups is 1. The Labute approximate surface area is 117 Å². The van der Waals surface area contributed by atoms with Gasteiger partial charge in [-0.3, -0.25) is 14.9 Å². The zero-order valence-corrected chi connectivity index (χ0v) is 11.5. The van der Waals surface area contributed by atoms with Crippen LogP contribution in [0.5, 0.6) is 0 Å². The van der Waals surface area contributed by atoms with Gasteiger partial charge in [0.1, 0.15) is 0 Å². The number of nitrogens with zero attached hydrogens (tertiary/aromatic N) is 2. The lowest BCUT2D eigenvalue weighted by atomic mass is 9.95. The highest BCUT2D eigenvalue weighted by atomic mass is 16.6. The predicted octanol–water partition coefficient (Wildman–Crippen LogP) is 2.00. The average molecular weight is 277 g/mol. The van der Waals surface area contributed by atoms with Gasteiger partial charge in [-0.05, 0) is 19.8 Å². The summed E-state index contributed by atoms with van der Waals surface area (Å²) in [6.07, 6.45) is 1.88. The Morgan fingerprint density at radius 1 is 1.45 bits per heavy atom. The van der Waals surface area contributed by atoms with Gasteiger partial charge in [0, 0.05) is 25.1 Å². The van der Waals surface area contributed by atoms with Crippen LogP contribution < -0.4 is 5.73 Å². The van der Waals surface area contributed by atoms with E-state index in [1.54, 1.807) is 23.1 Å². The second-order valence-electron chi connectivity index (χ2n) is 5.00. The van der Waals surface area contributed by atoms with Crippen LogP contribution in [-0.2, 0) is 4.79 Å². The van der Waals surface area contributed by atoms with Crippen molar-refractivity contribution in [2.75, 3.05) is 6.54 Å².